The highest BCUT2D eigenvalue weighted by atomic mass is 16.6. The third-order valence-corrected chi connectivity index (χ3v) is 2.42. The lowest BCUT2D eigenvalue weighted by Gasteiger charge is -2.15. The molecule has 0 fully saturated rings. The SMILES string of the molecule is COC(=O)c1ccc(OC)c(OC(C)C(=O)OC)c1. The summed E-state index contributed by atoms with van der Waals surface area (Å²) in [7, 11) is 4.01. The van der Waals surface area contributed by atoms with Crippen molar-refractivity contribution in [3.63, 3.8) is 0 Å². The number of benzene rings is 1. The van der Waals surface area contributed by atoms with Crippen LogP contribution in [0.15, 0.2) is 18.2 Å². The first kappa shape index (κ1) is 14.8. The standard InChI is InChI=1S/C13H16O6/c1-8(12(14)17-3)19-11-7-9(13(15)18-4)5-6-10(11)16-2/h5-8H,1-4H3. The van der Waals surface area contributed by atoms with Gasteiger partial charge in [0.1, 0.15) is 0 Å². The van der Waals surface area contributed by atoms with Gasteiger partial charge >= 0.3 is 11.9 Å². The monoisotopic (exact) mass is 268 g/mol. The van der Waals surface area contributed by atoms with Crippen molar-refractivity contribution >= 4 is 11.9 Å². The molecule has 0 bridgehead atoms. The average molecular weight is 268 g/mol. The molecule has 1 rings (SSSR count). The van der Waals surface area contributed by atoms with E-state index in [0.717, 1.165) is 0 Å². The number of carbonyl (C=O) groups excluding carboxylic acids is 2. The van der Waals surface area contributed by atoms with Crippen molar-refractivity contribution in [3.8, 4) is 11.5 Å². The molecule has 0 saturated heterocycles. The minimum absolute atomic E-state index is 0.267. The van der Waals surface area contributed by atoms with Crippen LogP contribution in [0.1, 0.15) is 17.3 Å². The largest absolute Gasteiger partial charge is 0.493 e. The van der Waals surface area contributed by atoms with Crippen LogP contribution in [0, 0.1) is 0 Å². The number of hydrogen-bond acceptors (Lipinski definition) is 6. The van der Waals surface area contributed by atoms with Crippen molar-refractivity contribution in [2.45, 2.75) is 13.0 Å². The molecule has 1 aromatic carbocycles. The van der Waals surface area contributed by atoms with Gasteiger partial charge in [-0.2, -0.15) is 0 Å². The fourth-order valence-electron chi connectivity index (χ4n) is 1.42. The number of esters is 2. The highest BCUT2D eigenvalue weighted by Gasteiger charge is 2.18. The maximum atomic E-state index is 11.4. The Morgan fingerprint density at radius 2 is 1.74 bits per heavy atom. The lowest BCUT2D eigenvalue weighted by atomic mass is 10.2. The maximum absolute atomic E-state index is 11.4. The van der Waals surface area contributed by atoms with Crippen LogP contribution in [0.4, 0.5) is 0 Å². The Balaban J connectivity index is 3.02. The van der Waals surface area contributed by atoms with E-state index in [0.29, 0.717) is 11.3 Å². The minimum Gasteiger partial charge on any atom is -0.493 e. The van der Waals surface area contributed by atoms with E-state index in [-0.39, 0.29) is 5.75 Å². The Morgan fingerprint density at radius 1 is 1.05 bits per heavy atom. The van der Waals surface area contributed by atoms with Gasteiger partial charge in [-0.3, -0.25) is 0 Å². The molecule has 0 aromatic heterocycles. The second-order valence-corrected chi connectivity index (χ2v) is 3.64. The Bertz CT molecular complexity index is 468. The van der Waals surface area contributed by atoms with E-state index in [1.807, 2.05) is 0 Å². The molecule has 6 nitrogen and oxygen atoms in total. The van der Waals surface area contributed by atoms with Crippen molar-refractivity contribution in [2.24, 2.45) is 0 Å². The second-order valence-electron chi connectivity index (χ2n) is 3.64. The summed E-state index contributed by atoms with van der Waals surface area (Å²) >= 11 is 0. The van der Waals surface area contributed by atoms with Crippen molar-refractivity contribution < 1.29 is 28.5 Å². The van der Waals surface area contributed by atoms with Crippen LogP contribution in [0.25, 0.3) is 0 Å². The number of carbonyl (C=O) groups is 2. The lowest BCUT2D eigenvalue weighted by Crippen LogP contribution is -2.25. The smallest absolute Gasteiger partial charge is 0.346 e. The van der Waals surface area contributed by atoms with Crippen LogP contribution >= 0.6 is 0 Å². The molecule has 0 N–H and O–H groups in total. The molecule has 0 spiro atoms. The van der Waals surface area contributed by atoms with E-state index < -0.39 is 18.0 Å². The van der Waals surface area contributed by atoms with Gasteiger partial charge in [0.2, 0.25) is 0 Å². The summed E-state index contributed by atoms with van der Waals surface area (Å²) in [6.07, 6.45) is -0.813. The summed E-state index contributed by atoms with van der Waals surface area (Å²) in [6, 6.07) is 4.55. The molecule has 1 aromatic rings. The molecule has 6 heteroatoms. The first-order valence-electron chi connectivity index (χ1n) is 5.54. The predicted molar refractivity (Wildman–Crippen MR) is 66.4 cm³/mol. The summed E-state index contributed by atoms with van der Waals surface area (Å²) in [5.41, 5.74) is 0.301. The van der Waals surface area contributed by atoms with E-state index in [4.69, 9.17) is 9.47 Å². The molecule has 0 radical (unpaired) electrons. The quantitative estimate of drug-likeness (QED) is 0.752. The van der Waals surface area contributed by atoms with Crippen LogP contribution in [-0.4, -0.2) is 39.4 Å². The Hall–Kier alpha value is -2.24. The zero-order valence-electron chi connectivity index (χ0n) is 11.3. The summed E-state index contributed by atoms with van der Waals surface area (Å²) in [4.78, 5) is 22.7. The van der Waals surface area contributed by atoms with Gasteiger partial charge in [-0.15, -0.1) is 0 Å². The van der Waals surface area contributed by atoms with Gasteiger partial charge in [-0.25, -0.2) is 9.59 Å². The first-order valence-corrected chi connectivity index (χ1v) is 5.54. The van der Waals surface area contributed by atoms with Crippen molar-refractivity contribution in [3.05, 3.63) is 23.8 Å². The maximum Gasteiger partial charge on any atom is 0.346 e. The van der Waals surface area contributed by atoms with E-state index >= 15 is 0 Å². The van der Waals surface area contributed by atoms with Crippen molar-refractivity contribution in [1.82, 2.24) is 0 Å². The number of ether oxygens (including phenoxy) is 4. The molecular weight excluding hydrogens is 252 g/mol. The normalized spacial score (nSPS) is 11.4. The highest BCUT2D eigenvalue weighted by Crippen LogP contribution is 2.29. The van der Waals surface area contributed by atoms with Gasteiger partial charge in [0.25, 0.3) is 0 Å². The average Bonchev–Trinajstić information content (AvgIpc) is 2.45. The van der Waals surface area contributed by atoms with Crippen molar-refractivity contribution in [1.29, 1.82) is 0 Å². The first-order chi connectivity index (χ1) is 9.03. The summed E-state index contributed by atoms with van der Waals surface area (Å²) < 4.78 is 19.7. The Labute approximate surface area is 111 Å². The van der Waals surface area contributed by atoms with Gasteiger partial charge in [0.05, 0.1) is 26.9 Å². The lowest BCUT2D eigenvalue weighted by molar-refractivity contribution is -0.147. The number of rotatable bonds is 5. The molecule has 0 saturated carbocycles. The van der Waals surface area contributed by atoms with Gasteiger partial charge in [0, 0.05) is 0 Å². The van der Waals surface area contributed by atoms with E-state index in [1.165, 1.54) is 34.3 Å². The molecule has 104 valence electrons. The van der Waals surface area contributed by atoms with Gasteiger partial charge < -0.3 is 18.9 Å². The second kappa shape index (κ2) is 6.63. The third-order valence-electron chi connectivity index (χ3n) is 2.42. The van der Waals surface area contributed by atoms with Crippen LogP contribution < -0.4 is 9.47 Å². The van der Waals surface area contributed by atoms with Gasteiger partial charge in [-0.1, -0.05) is 0 Å². The predicted octanol–water partition coefficient (Wildman–Crippen LogP) is 1.42. The highest BCUT2D eigenvalue weighted by molar-refractivity contribution is 5.90. The zero-order chi connectivity index (χ0) is 14.4. The third kappa shape index (κ3) is 3.61. The number of methoxy groups -OCH3 is 3. The van der Waals surface area contributed by atoms with Crippen LogP contribution in [0.3, 0.4) is 0 Å². The summed E-state index contributed by atoms with van der Waals surface area (Å²) in [6.45, 7) is 1.54. The molecule has 19 heavy (non-hydrogen) atoms. The van der Waals surface area contributed by atoms with E-state index in [9.17, 15) is 9.59 Å². The van der Waals surface area contributed by atoms with Gasteiger partial charge in [0.15, 0.2) is 17.6 Å². The molecule has 0 amide bonds. The molecule has 1 atom stereocenters. The molecule has 0 aliphatic rings. The van der Waals surface area contributed by atoms with Crippen molar-refractivity contribution in [2.75, 3.05) is 21.3 Å². The fourth-order valence-corrected chi connectivity index (χ4v) is 1.42. The summed E-state index contributed by atoms with van der Waals surface area (Å²) in [5, 5.41) is 0. The number of hydrogen-bond donors (Lipinski definition) is 0. The Kier molecular flexibility index (Phi) is 5.17. The fraction of sp³-hybridized carbons (Fsp3) is 0.385. The topological polar surface area (TPSA) is 71.1 Å². The molecule has 0 aliphatic heterocycles. The van der Waals surface area contributed by atoms with Crippen LogP contribution in [0.5, 0.6) is 11.5 Å². The molecule has 1 unspecified atom stereocenters. The molecule has 0 aliphatic carbocycles. The Morgan fingerprint density at radius 3 is 2.26 bits per heavy atom. The van der Waals surface area contributed by atoms with E-state index in [2.05, 4.69) is 9.47 Å². The summed E-state index contributed by atoms with van der Waals surface area (Å²) in [5.74, 6) is -0.351. The van der Waals surface area contributed by atoms with E-state index in [1.54, 1.807) is 12.1 Å². The van der Waals surface area contributed by atoms with Gasteiger partial charge in [-0.05, 0) is 25.1 Å². The van der Waals surface area contributed by atoms with Crippen LogP contribution in [-0.2, 0) is 14.3 Å². The zero-order valence-corrected chi connectivity index (χ0v) is 11.3. The van der Waals surface area contributed by atoms with Crippen LogP contribution in [0.2, 0.25) is 0 Å². The molecule has 0 heterocycles. The minimum atomic E-state index is -0.813. The molecular formula is C13H16O6.